The number of anilines is 1. The maximum atomic E-state index is 5.89. The second kappa shape index (κ2) is 4.74. The van der Waals surface area contributed by atoms with Gasteiger partial charge in [0.1, 0.15) is 0 Å². The summed E-state index contributed by atoms with van der Waals surface area (Å²) in [5.41, 5.74) is 10.4. The molecule has 0 amide bonds. The van der Waals surface area contributed by atoms with E-state index < -0.39 is 0 Å². The highest BCUT2D eigenvalue weighted by molar-refractivity contribution is 9.10. The number of hydrogen-bond acceptors (Lipinski definition) is 1. The summed E-state index contributed by atoms with van der Waals surface area (Å²) >= 11 is 3.49. The van der Waals surface area contributed by atoms with Gasteiger partial charge in [-0.1, -0.05) is 34.1 Å². The molecule has 0 fully saturated rings. The standard InChI is InChI=1S/C16H15BrN2/c1-11-9-19(16-5-3-2-4-15(11)16)10-12-6-13(17)8-14(18)7-12/h2-9H,10,18H2,1H3. The van der Waals surface area contributed by atoms with E-state index in [-0.39, 0.29) is 0 Å². The average Bonchev–Trinajstić information content (AvgIpc) is 2.66. The zero-order chi connectivity index (χ0) is 13.4. The van der Waals surface area contributed by atoms with Gasteiger partial charge in [0, 0.05) is 33.8 Å². The molecule has 0 spiro atoms. The monoisotopic (exact) mass is 314 g/mol. The van der Waals surface area contributed by atoms with Crippen molar-refractivity contribution in [2.75, 3.05) is 5.73 Å². The van der Waals surface area contributed by atoms with Gasteiger partial charge in [0.05, 0.1) is 0 Å². The molecule has 1 aromatic heterocycles. The number of aromatic nitrogens is 1. The Morgan fingerprint density at radius 2 is 1.95 bits per heavy atom. The largest absolute Gasteiger partial charge is 0.399 e. The zero-order valence-electron chi connectivity index (χ0n) is 10.7. The maximum absolute atomic E-state index is 5.89. The average molecular weight is 315 g/mol. The molecule has 0 aliphatic carbocycles. The van der Waals surface area contributed by atoms with Crippen molar-refractivity contribution in [3.05, 3.63) is 64.3 Å². The predicted molar refractivity (Wildman–Crippen MR) is 84.3 cm³/mol. The molecule has 0 saturated carbocycles. The molecule has 3 aromatic rings. The molecule has 0 radical (unpaired) electrons. The normalized spacial score (nSPS) is 11.1. The fourth-order valence-electron chi connectivity index (χ4n) is 2.52. The lowest BCUT2D eigenvalue weighted by atomic mass is 10.2. The second-order valence-electron chi connectivity index (χ2n) is 4.85. The first kappa shape index (κ1) is 12.3. The number of nitrogen functional groups attached to an aromatic ring is 1. The third kappa shape index (κ3) is 2.38. The minimum Gasteiger partial charge on any atom is -0.399 e. The fraction of sp³-hybridized carbons (Fsp3) is 0.125. The summed E-state index contributed by atoms with van der Waals surface area (Å²) < 4.78 is 3.29. The van der Waals surface area contributed by atoms with Crippen molar-refractivity contribution < 1.29 is 0 Å². The molecule has 96 valence electrons. The summed E-state index contributed by atoms with van der Waals surface area (Å²) in [7, 11) is 0. The number of nitrogens with two attached hydrogens (primary N) is 1. The molecule has 2 nitrogen and oxygen atoms in total. The van der Waals surface area contributed by atoms with Gasteiger partial charge in [-0.05, 0) is 42.3 Å². The van der Waals surface area contributed by atoms with Crippen LogP contribution in [0.4, 0.5) is 5.69 Å². The summed E-state index contributed by atoms with van der Waals surface area (Å²) in [6.07, 6.45) is 2.20. The van der Waals surface area contributed by atoms with Gasteiger partial charge in [-0.3, -0.25) is 0 Å². The van der Waals surface area contributed by atoms with Gasteiger partial charge in [-0.15, -0.1) is 0 Å². The highest BCUT2D eigenvalue weighted by atomic mass is 79.9. The molecule has 0 aliphatic heterocycles. The molecule has 2 aromatic carbocycles. The third-order valence-corrected chi connectivity index (χ3v) is 3.78. The SMILES string of the molecule is Cc1cn(Cc2cc(N)cc(Br)c2)c2ccccc12. The summed E-state index contributed by atoms with van der Waals surface area (Å²) in [6.45, 7) is 2.98. The lowest BCUT2D eigenvalue weighted by molar-refractivity contribution is 0.834. The van der Waals surface area contributed by atoms with Gasteiger partial charge in [0.2, 0.25) is 0 Å². The number of fused-ring (bicyclic) bond motifs is 1. The van der Waals surface area contributed by atoms with Gasteiger partial charge < -0.3 is 10.3 Å². The molecule has 0 bridgehead atoms. The summed E-state index contributed by atoms with van der Waals surface area (Å²) in [4.78, 5) is 0. The molecule has 0 aliphatic rings. The Bertz CT molecular complexity index is 723. The first-order valence-electron chi connectivity index (χ1n) is 6.23. The van der Waals surface area contributed by atoms with E-state index in [0.717, 1.165) is 16.7 Å². The molecule has 3 rings (SSSR count). The molecule has 19 heavy (non-hydrogen) atoms. The topological polar surface area (TPSA) is 30.9 Å². The van der Waals surface area contributed by atoms with Crippen LogP contribution in [0.1, 0.15) is 11.1 Å². The van der Waals surface area contributed by atoms with E-state index in [9.17, 15) is 0 Å². The number of halogens is 1. The lowest BCUT2D eigenvalue weighted by Gasteiger charge is -2.07. The van der Waals surface area contributed by atoms with Crippen molar-refractivity contribution in [1.29, 1.82) is 0 Å². The number of aryl methyl sites for hydroxylation is 1. The first-order chi connectivity index (χ1) is 9.13. The number of rotatable bonds is 2. The van der Waals surface area contributed by atoms with Crippen LogP contribution in [0.3, 0.4) is 0 Å². The number of benzene rings is 2. The Hall–Kier alpha value is -1.74. The Morgan fingerprint density at radius 1 is 1.16 bits per heavy atom. The molecule has 2 N–H and O–H groups in total. The van der Waals surface area contributed by atoms with Crippen molar-refractivity contribution in [2.24, 2.45) is 0 Å². The van der Waals surface area contributed by atoms with E-state index in [2.05, 4.69) is 63.9 Å². The van der Waals surface area contributed by atoms with E-state index in [1.807, 2.05) is 12.1 Å². The van der Waals surface area contributed by atoms with Crippen molar-refractivity contribution in [1.82, 2.24) is 4.57 Å². The highest BCUT2D eigenvalue weighted by Gasteiger charge is 2.05. The molecular weight excluding hydrogens is 300 g/mol. The van der Waals surface area contributed by atoms with Gasteiger partial charge >= 0.3 is 0 Å². The zero-order valence-corrected chi connectivity index (χ0v) is 12.3. The van der Waals surface area contributed by atoms with Gasteiger partial charge in [0.15, 0.2) is 0 Å². The van der Waals surface area contributed by atoms with Crippen molar-refractivity contribution >= 4 is 32.5 Å². The minimum absolute atomic E-state index is 0.789. The molecule has 0 saturated heterocycles. The van der Waals surface area contributed by atoms with Crippen molar-refractivity contribution in [3.63, 3.8) is 0 Å². The number of hydrogen-bond donors (Lipinski definition) is 1. The van der Waals surface area contributed by atoms with E-state index in [4.69, 9.17) is 5.73 Å². The predicted octanol–water partition coefficient (Wildman–Crippen LogP) is 4.34. The summed E-state index contributed by atoms with van der Waals surface area (Å²) in [5, 5.41) is 1.31. The van der Waals surface area contributed by atoms with Crippen LogP contribution in [0.15, 0.2) is 53.1 Å². The van der Waals surface area contributed by atoms with E-state index in [1.165, 1.54) is 22.0 Å². The third-order valence-electron chi connectivity index (χ3n) is 3.32. The van der Waals surface area contributed by atoms with Gasteiger partial charge in [-0.25, -0.2) is 0 Å². The smallest absolute Gasteiger partial charge is 0.0486 e. The fourth-order valence-corrected chi connectivity index (χ4v) is 3.08. The molecule has 3 heteroatoms. The van der Waals surface area contributed by atoms with Gasteiger partial charge in [0.25, 0.3) is 0 Å². The van der Waals surface area contributed by atoms with E-state index in [1.54, 1.807) is 0 Å². The quantitative estimate of drug-likeness (QED) is 0.701. The Labute approximate surface area is 121 Å². The van der Waals surface area contributed by atoms with Crippen LogP contribution in [-0.4, -0.2) is 4.57 Å². The minimum atomic E-state index is 0.789. The summed E-state index contributed by atoms with van der Waals surface area (Å²) in [5.74, 6) is 0. The van der Waals surface area contributed by atoms with Crippen molar-refractivity contribution in [2.45, 2.75) is 13.5 Å². The van der Waals surface area contributed by atoms with Gasteiger partial charge in [-0.2, -0.15) is 0 Å². The second-order valence-corrected chi connectivity index (χ2v) is 5.77. The van der Waals surface area contributed by atoms with Crippen LogP contribution >= 0.6 is 15.9 Å². The maximum Gasteiger partial charge on any atom is 0.0486 e. The van der Waals surface area contributed by atoms with Crippen LogP contribution in [0, 0.1) is 6.92 Å². The van der Waals surface area contributed by atoms with E-state index in [0.29, 0.717) is 0 Å². The highest BCUT2D eigenvalue weighted by Crippen LogP contribution is 2.23. The number of nitrogens with zero attached hydrogens (tertiary/aromatic N) is 1. The Morgan fingerprint density at radius 3 is 2.74 bits per heavy atom. The Balaban J connectivity index is 2.06. The number of para-hydroxylation sites is 1. The Kier molecular flexibility index (Phi) is 3.07. The van der Waals surface area contributed by atoms with Crippen LogP contribution in [0.5, 0.6) is 0 Å². The van der Waals surface area contributed by atoms with Crippen LogP contribution in [-0.2, 0) is 6.54 Å². The molecular formula is C16H15BrN2. The molecule has 0 unspecified atom stereocenters. The summed E-state index contributed by atoms with van der Waals surface area (Å²) in [6, 6.07) is 14.5. The van der Waals surface area contributed by atoms with Crippen LogP contribution in [0.25, 0.3) is 10.9 Å². The molecule has 0 atom stereocenters. The van der Waals surface area contributed by atoms with E-state index >= 15 is 0 Å². The lowest BCUT2D eigenvalue weighted by Crippen LogP contribution is -1.99. The first-order valence-corrected chi connectivity index (χ1v) is 7.02. The van der Waals surface area contributed by atoms with Crippen molar-refractivity contribution in [3.8, 4) is 0 Å². The van der Waals surface area contributed by atoms with Crippen LogP contribution in [0.2, 0.25) is 0 Å². The molecule has 1 heterocycles. The van der Waals surface area contributed by atoms with Crippen LogP contribution < -0.4 is 5.73 Å².